The van der Waals surface area contributed by atoms with Gasteiger partial charge in [-0.2, -0.15) is 15.4 Å². The minimum Gasteiger partial charge on any atom is -0.506 e. The first kappa shape index (κ1) is 10.7. The van der Waals surface area contributed by atoms with Crippen LogP contribution in [0.5, 0.6) is 5.75 Å². The van der Waals surface area contributed by atoms with Gasteiger partial charge in [-0.1, -0.05) is 6.07 Å². The summed E-state index contributed by atoms with van der Waals surface area (Å²) in [6, 6.07) is 5.07. The molecule has 5 nitrogen and oxygen atoms in total. The van der Waals surface area contributed by atoms with E-state index in [1.165, 1.54) is 0 Å². The number of nitrogens with one attached hydrogen (secondary N) is 1. The maximum atomic E-state index is 9.14. The van der Waals surface area contributed by atoms with Crippen LogP contribution in [0.2, 0.25) is 0 Å². The Bertz CT molecular complexity index is 362. The normalized spacial score (nSPS) is 8.67. The molecule has 0 atom stereocenters. The number of phenols is 1. The maximum Gasteiger partial charge on any atom is 0.154 e. The standard InChI is InChI=1S/C6H5N3O.ClH.H2O/c10-5-3-1-2-4-6(5)8-9-7-4;;/h1-3,10H,(H,7,8,9);1H;1H2. The number of hydrogen-bond donors (Lipinski definition) is 2. The second-order valence-electron chi connectivity index (χ2n) is 1.97. The molecular formula is C6H8ClN3O2. The highest BCUT2D eigenvalue weighted by atomic mass is 35.5. The molecule has 66 valence electrons. The fourth-order valence-electron chi connectivity index (χ4n) is 0.853. The van der Waals surface area contributed by atoms with Crippen molar-refractivity contribution in [3.05, 3.63) is 18.2 Å². The molecular weight excluding hydrogens is 182 g/mol. The highest BCUT2D eigenvalue weighted by Crippen LogP contribution is 2.18. The average Bonchev–Trinajstić information content (AvgIpc) is 2.36. The molecule has 4 N–H and O–H groups in total. The molecule has 0 saturated heterocycles. The largest absolute Gasteiger partial charge is 0.506 e. The van der Waals surface area contributed by atoms with Gasteiger partial charge in [0.15, 0.2) is 5.52 Å². The highest BCUT2D eigenvalue weighted by Gasteiger charge is 1.99. The van der Waals surface area contributed by atoms with Crippen molar-refractivity contribution in [1.82, 2.24) is 15.4 Å². The van der Waals surface area contributed by atoms with Crippen LogP contribution in [0.3, 0.4) is 0 Å². The predicted octanol–water partition coefficient (Wildman–Crippen LogP) is 0.261. The number of phenolic OH excluding ortho intramolecular Hbond substituents is 1. The van der Waals surface area contributed by atoms with E-state index in [9.17, 15) is 0 Å². The van der Waals surface area contributed by atoms with Gasteiger partial charge in [-0.3, -0.25) is 0 Å². The molecule has 1 aromatic carbocycles. The quantitative estimate of drug-likeness (QED) is 0.623. The lowest BCUT2D eigenvalue weighted by molar-refractivity contribution is 0.480. The fraction of sp³-hybridized carbons (Fsp3) is 0. The number of rotatable bonds is 0. The molecule has 1 aromatic heterocycles. The van der Waals surface area contributed by atoms with E-state index in [2.05, 4.69) is 15.4 Å². The van der Waals surface area contributed by atoms with Crippen molar-refractivity contribution in [3.63, 3.8) is 0 Å². The molecule has 2 rings (SSSR count). The van der Waals surface area contributed by atoms with Crippen LogP contribution in [0, 0.1) is 0 Å². The number of fused-ring (bicyclic) bond motifs is 1. The zero-order valence-electron chi connectivity index (χ0n) is 5.98. The number of halogens is 1. The van der Waals surface area contributed by atoms with E-state index >= 15 is 0 Å². The smallest absolute Gasteiger partial charge is 0.154 e. The Hall–Kier alpha value is -1.33. The minimum absolute atomic E-state index is 0. The van der Waals surface area contributed by atoms with Crippen molar-refractivity contribution in [1.29, 1.82) is 0 Å². The van der Waals surface area contributed by atoms with Gasteiger partial charge in [-0.05, 0) is 12.1 Å². The Labute approximate surface area is 74.1 Å². The number of nitrogens with zero attached hydrogens (tertiary/aromatic N) is 2. The van der Waals surface area contributed by atoms with Gasteiger partial charge in [0, 0.05) is 0 Å². The van der Waals surface area contributed by atoms with Crippen molar-refractivity contribution in [2.24, 2.45) is 0 Å². The van der Waals surface area contributed by atoms with E-state index in [1.807, 2.05) is 0 Å². The van der Waals surface area contributed by atoms with Gasteiger partial charge in [0.25, 0.3) is 0 Å². The van der Waals surface area contributed by atoms with E-state index in [0.717, 1.165) is 0 Å². The molecule has 0 aliphatic heterocycles. The van der Waals surface area contributed by atoms with Crippen LogP contribution in [-0.4, -0.2) is 26.0 Å². The zero-order chi connectivity index (χ0) is 6.97. The van der Waals surface area contributed by atoms with Crippen molar-refractivity contribution < 1.29 is 10.6 Å². The molecule has 12 heavy (non-hydrogen) atoms. The lowest BCUT2D eigenvalue weighted by Gasteiger charge is -1.87. The average molecular weight is 190 g/mol. The maximum absolute atomic E-state index is 9.14. The van der Waals surface area contributed by atoms with Crippen LogP contribution >= 0.6 is 12.4 Å². The third kappa shape index (κ3) is 1.46. The Morgan fingerprint density at radius 2 is 2.00 bits per heavy atom. The van der Waals surface area contributed by atoms with Crippen molar-refractivity contribution in [3.8, 4) is 5.75 Å². The molecule has 0 saturated carbocycles. The third-order valence-corrected chi connectivity index (χ3v) is 1.33. The summed E-state index contributed by atoms with van der Waals surface area (Å²) in [6.45, 7) is 0. The summed E-state index contributed by atoms with van der Waals surface area (Å²) in [5, 5.41) is 19.1. The van der Waals surface area contributed by atoms with Gasteiger partial charge in [-0.15, -0.1) is 12.4 Å². The number of aromatic nitrogens is 3. The predicted molar refractivity (Wildman–Crippen MR) is 46.4 cm³/mol. The van der Waals surface area contributed by atoms with Crippen LogP contribution in [0.15, 0.2) is 18.2 Å². The number of aromatic hydroxyl groups is 1. The molecule has 0 amide bonds. The topological polar surface area (TPSA) is 93.3 Å². The molecule has 1 heterocycles. The summed E-state index contributed by atoms with van der Waals surface area (Å²) >= 11 is 0. The van der Waals surface area contributed by atoms with Gasteiger partial charge in [0.1, 0.15) is 11.3 Å². The minimum atomic E-state index is 0. The monoisotopic (exact) mass is 189 g/mol. The van der Waals surface area contributed by atoms with Crippen molar-refractivity contribution in [2.75, 3.05) is 0 Å². The Morgan fingerprint density at radius 3 is 2.67 bits per heavy atom. The second kappa shape index (κ2) is 3.89. The zero-order valence-corrected chi connectivity index (χ0v) is 6.80. The summed E-state index contributed by atoms with van der Waals surface area (Å²) in [5.74, 6) is 0.159. The fourth-order valence-corrected chi connectivity index (χ4v) is 0.853. The van der Waals surface area contributed by atoms with Gasteiger partial charge >= 0.3 is 0 Å². The molecule has 0 aliphatic carbocycles. The third-order valence-electron chi connectivity index (χ3n) is 1.33. The molecule has 6 heteroatoms. The van der Waals surface area contributed by atoms with Gasteiger partial charge < -0.3 is 10.6 Å². The molecule has 0 spiro atoms. The highest BCUT2D eigenvalue weighted by molar-refractivity contribution is 5.85. The van der Waals surface area contributed by atoms with Crippen molar-refractivity contribution in [2.45, 2.75) is 0 Å². The SMILES string of the molecule is Cl.O.Oc1cccc2n[nH]nc12. The Morgan fingerprint density at radius 1 is 1.25 bits per heavy atom. The molecule has 0 aliphatic rings. The van der Waals surface area contributed by atoms with E-state index < -0.39 is 0 Å². The van der Waals surface area contributed by atoms with Gasteiger partial charge in [0.05, 0.1) is 0 Å². The lowest BCUT2D eigenvalue weighted by Crippen LogP contribution is -1.68. The van der Waals surface area contributed by atoms with E-state index in [-0.39, 0.29) is 23.6 Å². The van der Waals surface area contributed by atoms with Gasteiger partial charge in [0.2, 0.25) is 0 Å². The molecule has 0 fully saturated rings. The summed E-state index contributed by atoms with van der Waals surface area (Å²) in [5.41, 5.74) is 1.20. The van der Waals surface area contributed by atoms with Crippen LogP contribution < -0.4 is 0 Å². The Kier molecular flexibility index (Phi) is 3.46. The van der Waals surface area contributed by atoms with Crippen LogP contribution in [0.25, 0.3) is 11.0 Å². The number of aromatic amines is 1. The Balaban J connectivity index is 0.000000605. The summed E-state index contributed by atoms with van der Waals surface area (Å²) in [4.78, 5) is 0. The summed E-state index contributed by atoms with van der Waals surface area (Å²) in [6.07, 6.45) is 0. The first-order chi connectivity index (χ1) is 4.88. The van der Waals surface area contributed by atoms with E-state index in [4.69, 9.17) is 5.11 Å². The van der Waals surface area contributed by atoms with Gasteiger partial charge in [-0.25, -0.2) is 0 Å². The first-order valence-corrected chi connectivity index (χ1v) is 2.86. The summed E-state index contributed by atoms with van der Waals surface area (Å²) < 4.78 is 0. The number of para-hydroxylation sites is 1. The number of H-pyrrole nitrogens is 1. The molecule has 2 aromatic rings. The van der Waals surface area contributed by atoms with Crippen LogP contribution in [0.1, 0.15) is 0 Å². The van der Waals surface area contributed by atoms with Crippen molar-refractivity contribution >= 4 is 23.4 Å². The second-order valence-corrected chi connectivity index (χ2v) is 1.97. The van der Waals surface area contributed by atoms with Crippen LogP contribution in [0.4, 0.5) is 0 Å². The van der Waals surface area contributed by atoms with E-state index in [1.54, 1.807) is 18.2 Å². The van der Waals surface area contributed by atoms with E-state index in [0.29, 0.717) is 11.0 Å². The number of benzene rings is 1. The number of hydrogen-bond acceptors (Lipinski definition) is 3. The molecule has 0 bridgehead atoms. The van der Waals surface area contributed by atoms with Crippen LogP contribution in [-0.2, 0) is 0 Å². The molecule has 0 unspecified atom stereocenters. The summed E-state index contributed by atoms with van der Waals surface area (Å²) in [7, 11) is 0. The first-order valence-electron chi connectivity index (χ1n) is 2.86. The molecule has 0 radical (unpaired) electrons. The lowest BCUT2D eigenvalue weighted by atomic mass is 10.3.